The van der Waals surface area contributed by atoms with Gasteiger partial charge in [-0.3, -0.25) is 0 Å². The molecule has 7 heteroatoms. The van der Waals surface area contributed by atoms with Crippen LogP contribution in [0.3, 0.4) is 0 Å². The fourth-order valence-corrected chi connectivity index (χ4v) is 5.91. The molecule has 1 N–H and O–H groups in total. The molecule has 0 radical (unpaired) electrons. The van der Waals surface area contributed by atoms with Crippen LogP contribution in [0.4, 0.5) is 24.7 Å². The van der Waals surface area contributed by atoms with E-state index in [2.05, 4.69) is 30.1 Å². The molecule has 1 aliphatic carbocycles. The molecule has 198 valence electrons. The highest BCUT2D eigenvalue weighted by Crippen LogP contribution is 2.43. The first-order chi connectivity index (χ1) is 17.4. The molecule has 1 aromatic heterocycles. The number of halogens is 3. The van der Waals surface area contributed by atoms with Crippen LogP contribution in [0.15, 0.2) is 24.3 Å². The van der Waals surface area contributed by atoms with Crippen LogP contribution in [0.5, 0.6) is 0 Å². The topological polar surface area (TPSA) is 41.1 Å². The van der Waals surface area contributed by atoms with Crippen LogP contribution < -0.4 is 10.2 Å². The van der Waals surface area contributed by atoms with Gasteiger partial charge in [-0.1, -0.05) is 45.9 Å². The maximum absolute atomic E-state index is 15.4. The standard InChI is InChI=1S/C30H37F3N4/c1-17(2)30(32,33)24-12-8-9-20(26(24)31)18(3)34-28-23-15-25(37-14-13-29(5,6)16-37)21-10-7-11-22(21)27(23)35-19(4)36-28/h8-9,12,15,17-18H,7,10-11,13-14,16H2,1-6H3,(H,34,35,36)/t18-/m1/s1. The predicted octanol–water partition coefficient (Wildman–Crippen LogP) is 7.72. The van der Waals surface area contributed by atoms with Gasteiger partial charge in [-0.15, -0.1) is 0 Å². The van der Waals surface area contributed by atoms with Crippen LogP contribution in [0, 0.1) is 24.1 Å². The van der Waals surface area contributed by atoms with Gasteiger partial charge in [0.05, 0.1) is 17.1 Å². The molecule has 2 aliphatic rings. The summed E-state index contributed by atoms with van der Waals surface area (Å²) < 4.78 is 45.0. The van der Waals surface area contributed by atoms with Crippen molar-refractivity contribution < 1.29 is 13.2 Å². The van der Waals surface area contributed by atoms with E-state index < -0.39 is 29.3 Å². The summed E-state index contributed by atoms with van der Waals surface area (Å²) in [6.45, 7) is 13.1. The van der Waals surface area contributed by atoms with Gasteiger partial charge in [0.15, 0.2) is 0 Å². The van der Waals surface area contributed by atoms with Gasteiger partial charge in [0.25, 0.3) is 5.92 Å². The third-order valence-corrected chi connectivity index (χ3v) is 8.10. The van der Waals surface area contributed by atoms with E-state index in [4.69, 9.17) is 9.97 Å². The van der Waals surface area contributed by atoms with Gasteiger partial charge in [-0.25, -0.2) is 23.1 Å². The first-order valence-electron chi connectivity index (χ1n) is 13.4. The Morgan fingerprint density at radius 1 is 1.08 bits per heavy atom. The molecule has 5 rings (SSSR count). The van der Waals surface area contributed by atoms with E-state index in [9.17, 15) is 8.78 Å². The summed E-state index contributed by atoms with van der Waals surface area (Å²) in [5, 5.41) is 4.27. The molecular weight excluding hydrogens is 473 g/mol. The minimum atomic E-state index is -3.25. The maximum Gasteiger partial charge on any atom is 0.278 e. The van der Waals surface area contributed by atoms with Gasteiger partial charge in [0.1, 0.15) is 17.5 Å². The fraction of sp³-hybridized carbons (Fsp3) is 0.533. The second-order valence-electron chi connectivity index (χ2n) is 11.9. The highest BCUT2D eigenvalue weighted by molar-refractivity contribution is 5.96. The number of aromatic nitrogens is 2. The number of alkyl halides is 2. The number of anilines is 2. The summed E-state index contributed by atoms with van der Waals surface area (Å²) in [5.41, 5.74) is 4.76. The molecule has 1 fully saturated rings. The van der Waals surface area contributed by atoms with Gasteiger partial charge < -0.3 is 10.2 Å². The van der Waals surface area contributed by atoms with Crippen molar-refractivity contribution in [3.63, 3.8) is 0 Å². The molecule has 4 nitrogen and oxygen atoms in total. The minimum absolute atomic E-state index is 0.199. The summed E-state index contributed by atoms with van der Waals surface area (Å²) in [7, 11) is 0. The number of fused-ring (bicyclic) bond motifs is 3. The van der Waals surface area contributed by atoms with Gasteiger partial charge in [-0.2, -0.15) is 0 Å². The zero-order valence-corrected chi connectivity index (χ0v) is 22.7. The van der Waals surface area contributed by atoms with E-state index in [1.165, 1.54) is 42.8 Å². The van der Waals surface area contributed by atoms with Crippen LogP contribution in [0.1, 0.15) is 81.6 Å². The molecule has 2 aromatic carbocycles. The summed E-state index contributed by atoms with van der Waals surface area (Å²) in [5.74, 6) is -3.88. The van der Waals surface area contributed by atoms with Gasteiger partial charge in [-0.05, 0) is 62.1 Å². The highest BCUT2D eigenvalue weighted by atomic mass is 19.3. The highest BCUT2D eigenvalue weighted by Gasteiger charge is 2.39. The van der Waals surface area contributed by atoms with Crippen LogP contribution in [0.25, 0.3) is 10.9 Å². The third-order valence-electron chi connectivity index (χ3n) is 8.10. The first kappa shape index (κ1) is 25.8. The van der Waals surface area contributed by atoms with Gasteiger partial charge in [0.2, 0.25) is 0 Å². The lowest BCUT2D eigenvalue weighted by molar-refractivity contribution is -0.0545. The van der Waals surface area contributed by atoms with Crippen molar-refractivity contribution in [2.24, 2.45) is 11.3 Å². The minimum Gasteiger partial charge on any atom is -0.371 e. The monoisotopic (exact) mass is 510 g/mol. The molecule has 0 bridgehead atoms. The summed E-state index contributed by atoms with van der Waals surface area (Å²) in [6.07, 6.45) is 4.26. The van der Waals surface area contributed by atoms with Gasteiger partial charge >= 0.3 is 0 Å². The van der Waals surface area contributed by atoms with Crippen molar-refractivity contribution >= 4 is 22.4 Å². The van der Waals surface area contributed by atoms with E-state index in [0.29, 0.717) is 11.6 Å². The summed E-state index contributed by atoms with van der Waals surface area (Å²) in [6, 6.07) is 5.88. The number of nitrogens with zero attached hydrogens (tertiary/aromatic N) is 3. The van der Waals surface area contributed by atoms with Gasteiger partial charge in [0, 0.05) is 35.6 Å². The number of nitrogens with one attached hydrogen (secondary N) is 1. The average Bonchev–Trinajstić information content (AvgIpc) is 3.45. The zero-order chi connectivity index (χ0) is 26.7. The Bertz CT molecular complexity index is 1350. The smallest absolute Gasteiger partial charge is 0.278 e. The molecule has 2 heterocycles. The Hall–Kier alpha value is -2.83. The molecular formula is C30H37F3N4. The van der Waals surface area contributed by atoms with E-state index in [-0.39, 0.29) is 11.0 Å². The Morgan fingerprint density at radius 3 is 2.49 bits per heavy atom. The first-order valence-corrected chi connectivity index (χ1v) is 13.4. The second kappa shape index (κ2) is 9.17. The van der Waals surface area contributed by atoms with Crippen molar-refractivity contribution in [1.29, 1.82) is 0 Å². The maximum atomic E-state index is 15.4. The van der Waals surface area contributed by atoms with Crippen LogP contribution >= 0.6 is 0 Å². The molecule has 37 heavy (non-hydrogen) atoms. The van der Waals surface area contributed by atoms with E-state index in [1.807, 2.05) is 6.92 Å². The van der Waals surface area contributed by atoms with Crippen LogP contribution in [-0.2, 0) is 18.8 Å². The Morgan fingerprint density at radius 2 is 1.81 bits per heavy atom. The van der Waals surface area contributed by atoms with E-state index >= 15 is 4.39 Å². The van der Waals surface area contributed by atoms with Crippen molar-refractivity contribution in [2.75, 3.05) is 23.3 Å². The number of hydrogen-bond acceptors (Lipinski definition) is 4. The molecule has 0 saturated carbocycles. The SMILES string of the molecule is Cc1nc(N[C@H](C)c2cccc(C(F)(F)C(C)C)c2F)c2cc(N3CCC(C)(C)C3)c3c(c2n1)CCC3. The van der Waals surface area contributed by atoms with Crippen molar-refractivity contribution in [3.8, 4) is 0 Å². The molecule has 1 aliphatic heterocycles. The molecule has 0 spiro atoms. The molecule has 1 saturated heterocycles. The molecule has 3 aromatic rings. The quantitative estimate of drug-likeness (QED) is 0.369. The number of aryl methyl sites for hydroxylation is 2. The van der Waals surface area contributed by atoms with Crippen molar-refractivity contribution in [2.45, 2.75) is 79.2 Å². The number of hydrogen-bond donors (Lipinski definition) is 1. The van der Waals surface area contributed by atoms with Crippen LogP contribution in [0.2, 0.25) is 0 Å². The Labute approximate surface area is 217 Å². The molecule has 1 atom stereocenters. The Kier molecular flexibility index (Phi) is 6.40. The van der Waals surface area contributed by atoms with Crippen molar-refractivity contribution in [1.82, 2.24) is 9.97 Å². The lowest BCUT2D eigenvalue weighted by Gasteiger charge is -2.26. The van der Waals surface area contributed by atoms with Crippen LogP contribution in [-0.4, -0.2) is 23.1 Å². The molecule has 0 amide bonds. The van der Waals surface area contributed by atoms with E-state index in [0.717, 1.165) is 49.7 Å². The van der Waals surface area contributed by atoms with E-state index in [1.54, 1.807) is 13.0 Å². The average molecular weight is 511 g/mol. The second-order valence-corrected chi connectivity index (χ2v) is 11.9. The fourth-order valence-electron chi connectivity index (χ4n) is 5.91. The Balaban J connectivity index is 1.58. The lowest BCUT2D eigenvalue weighted by atomic mass is 9.93. The zero-order valence-electron chi connectivity index (χ0n) is 22.7. The summed E-state index contributed by atoms with van der Waals surface area (Å²) in [4.78, 5) is 12.0. The number of benzene rings is 2. The largest absolute Gasteiger partial charge is 0.371 e. The van der Waals surface area contributed by atoms with Crippen molar-refractivity contribution in [3.05, 3.63) is 58.2 Å². The predicted molar refractivity (Wildman–Crippen MR) is 144 cm³/mol. The number of rotatable bonds is 6. The summed E-state index contributed by atoms with van der Waals surface area (Å²) >= 11 is 0. The molecule has 0 unspecified atom stereocenters. The third kappa shape index (κ3) is 4.55. The lowest BCUT2D eigenvalue weighted by Crippen LogP contribution is -2.24. The normalized spacial score (nSPS) is 18.1.